The normalized spacial score (nSPS) is 15.8. The van der Waals surface area contributed by atoms with E-state index in [1.165, 1.54) is 12.1 Å². The molecule has 1 atom stereocenters. The molecule has 0 aromatic heterocycles. The number of para-hydroxylation sites is 2. The molecule has 1 heterocycles. The van der Waals surface area contributed by atoms with Crippen molar-refractivity contribution in [2.75, 3.05) is 24.6 Å². The Bertz CT molecular complexity index is 874. The molecular weight excluding hydrogens is 347 g/mol. The lowest BCUT2D eigenvalue weighted by atomic mass is 10.1. The highest BCUT2D eigenvalue weighted by Crippen LogP contribution is 2.24. The standard InChI is InChI=1S/C21H19FN2O3/c22-18-10-4-5-11-19(18)27-13-7-6-12-23-21(26)16-14-20(25)24(15-16)17-8-2-1-3-9-17/h1-5,8-11,16H,12-15H2,(H,23,26). The summed E-state index contributed by atoms with van der Waals surface area (Å²) in [5.41, 5.74) is 0.794. The minimum Gasteiger partial charge on any atom is -0.478 e. The van der Waals surface area contributed by atoms with Crippen molar-refractivity contribution in [2.24, 2.45) is 5.92 Å². The van der Waals surface area contributed by atoms with Crippen molar-refractivity contribution in [3.05, 3.63) is 60.4 Å². The first-order valence-electron chi connectivity index (χ1n) is 8.61. The van der Waals surface area contributed by atoms with Crippen molar-refractivity contribution in [3.63, 3.8) is 0 Å². The van der Waals surface area contributed by atoms with Crippen LogP contribution in [0.15, 0.2) is 54.6 Å². The predicted octanol–water partition coefficient (Wildman–Crippen LogP) is 2.38. The molecule has 0 aliphatic carbocycles. The van der Waals surface area contributed by atoms with Crippen molar-refractivity contribution in [2.45, 2.75) is 6.42 Å². The number of rotatable bonds is 5. The van der Waals surface area contributed by atoms with E-state index in [1.54, 1.807) is 17.0 Å². The lowest BCUT2D eigenvalue weighted by Gasteiger charge is -2.16. The summed E-state index contributed by atoms with van der Waals surface area (Å²) in [4.78, 5) is 26.0. The van der Waals surface area contributed by atoms with Crippen LogP contribution < -0.4 is 15.0 Å². The molecule has 1 unspecified atom stereocenters. The molecule has 3 rings (SSSR count). The molecule has 2 aromatic rings. The van der Waals surface area contributed by atoms with Gasteiger partial charge < -0.3 is 15.0 Å². The molecule has 1 N–H and O–H groups in total. The topological polar surface area (TPSA) is 58.6 Å². The zero-order chi connectivity index (χ0) is 19.1. The fraction of sp³-hybridized carbons (Fsp3) is 0.238. The number of benzene rings is 2. The van der Waals surface area contributed by atoms with Crippen molar-refractivity contribution in [3.8, 4) is 17.6 Å². The minimum atomic E-state index is -0.443. The van der Waals surface area contributed by atoms with Gasteiger partial charge >= 0.3 is 0 Å². The summed E-state index contributed by atoms with van der Waals surface area (Å²) < 4.78 is 18.6. The first-order valence-corrected chi connectivity index (χ1v) is 8.61. The van der Waals surface area contributed by atoms with E-state index >= 15 is 0 Å². The fourth-order valence-electron chi connectivity index (χ4n) is 2.81. The van der Waals surface area contributed by atoms with Crippen LogP contribution in [-0.4, -0.2) is 31.5 Å². The molecule has 138 valence electrons. The molecule has 5 nitrogen and oxygen atoms in total. The minimum absolute atomic E-state index is 0.0283. The largest absolute Gasteiger partial charge is 0.478 e. The number of hydrogen-bond donors (Lipinski definition) is 1. The van der Waals surface area contributed by atoms with E-state index < -0.39 is 11.7 Å². The van der Waals surface area contributed by atoms with Gasteiger partial charge in [0.05, 0.1) is 12.5 Å². The molecule has 1 saturated heterocycles. The molecule has 2 aromatic carbocycles. The van der Waals surface area contributed by atoms with E-state index in [1.807, 2.05) is 30.3 Å². The van der Waals surface area contributed by atoms with Crippen LogP contribution >= 0.6 is 0 Å². The Morgan fingerprint density at radius 1 is 1.15 bits per heavy atom. The van der Waals surface area contributed by atoms with E-state index in [2.05, 4.69) is 17.2 Å². The summed E-state index contributed by atoms with van der Waals surface area (Å²) in [5.74, 6) is 4.51. The predicted molar refractivity (Wildman–Crippen MR) is 99.6 cm³/mol. The van der Waals surface area contributed by atoms with Crippen molar-refractivity contribution >= 4 is 17.5 Å². The fourth-order valence-corrected chi connectivity index (χ4v) is 2.81. The maximum Gasteiger partial charge on any atom is 0.227 e. The average molecular weight is 366 g/mol. The Balaban J connectivity index is 1.43. The maximum absolute atomic E-state index is 13.4. The van der Waals surface area contributed by atoms with Gasteiger partial charge in [0.2, 0.25) is 11.8 Å². The molecule has 6 heteroatoms. The third kappa shape index (κ3) is 4.85. The lowest BCUT2D eigenvalue weighted by molar-refractivity contribution is -0.126. The van der Waals surface area contributed by atoms with E-state index in [9.17, 15) is 14.0 Å². The Morgan fingerprint density at radius 2 is 1.89 bits per heavy atom. The van der Waals surface area contributed by atoms with Crippen LogP contribution in [0.4, 0.5) is 10.1 Å². The molecule has 0 saturated carbocycles. The van der Waals surface area contributed by atoms with Crippen molar-refractivity contribution < 1.29 is 18.7 Å². The number of amides is 2. The molecule has 1 aliphatic rings. The summed E-state index contributed by atoms with van der Waals surface area (Å²) in [7, 11) is 0. The zero-order valence-corrected chi connectivity index (χ0v) is 14.7. The van der Waals surface area contributed by atoms with Crippen LogP contribution in [0.5, 0.6) is 5.75 Å². The number of nitrogens with zero attached hydrogens (tertiary/aromatic N) is 1. The van der Waals surface area contributed by atoms with E-state index in [-0.39, 0.29) is 37.1 Å². The first kappa shape index (κ1) is 18.5. The maximum atomic E-state index is 13.4. The number of carbonyl (C=O) groups excluding carboxylic acids is 2. The number of anilines is 1. The first-order chi connectivity index (χ1) is 13.1. The third-order valence-corrected chi connectivity index (χ3v) is 4.18. The SMILES string of the molecule is O=C(NCC#CCOc1ccccc1F)C1CC(=O)N(c2ccccc2)C1. The Kier molecular flexibility index (Phi) is 6.06. The highest BCUT2D eigenvalue weighted by Gasteiger charge is 2.34. The van der Waals surface area contributed by atoms with Crippen molar-refractivity contribution in [1.82, 2.24) is 5.32 Å². The molecule has 27 heavy (non-hydrogen) atoms. The van der Waals surface area contributed by atoms with Gasteiger partial charge in [0, 0.05) is 18.7 Å². The summed E-state index contributed by atoms with van der Waals surface area (Å²) in [6, 6.07) is 15.4. The summed E-state index contributed by atoms with van der Waals surface area (Å²) >= 11 is 0. The van der Waals surface area contributed by atoms with E-state index in [0.29, 0.717) is 6.54 Å². The number of hydrogen-bond acceptors (Lipinski definition) is 3. The van der Waals surface area contributed by atoms with Gasteiger partial charge in [-0.1, -0.05) is 42.2 Å². The molecule has 1 aliphatic heterocycles. The third-order valence-electron chi connectivity index (χ3n) is 4.18. The Hall–Kier alpha value is -3.33. The van der Waals surface area contributed by atoms with Crippen LogP contribution in [0, 0.1) is 23.6 Å². The molecular formula is C21H19FN2O3. The number of ether oxygens (including phenoxy) is 1. The summed E-state index contributed by atoms with van der Waals surface area (Å²) in [6.45, 7) is 0.536. The number of halogens is 1. The second kappa shape index (κ2) is 8.86. The molecule has 0 bridgehead atoms. The monoisotopic (exact) mass is 366 g/mol. The Morgan fingerprint density at radius 3 is 2.67 bits per heavy atom. The van der Waals surface area contributed by atoms with Gasteiger partial charge in [-0.25, -0.2) is 4.39 Å². The highest BCUT2D eigenvalue weighted by atomic mass is 19.1. The zero-order valence-electron chi connectivity index (χ0n) is 14.7. The van der Waals surface area contributed by atoms with Crippen LogP contribution in [-0.2, 0) is 9.59 Å². The van der Waals surface area contributed by atoms with Gasteiger partial charge in [-0.2, -0.15) is 0 Å². The quantitative estimate of drug-likeness (QED) is 0.827. The van der Waals surface area contributed by atoms with Crippen LogP contribution in [0.1, 0.15) is 6.42 Å². The van der Waals surface area contributed by atoms with Crippen LogP contribution in [0.25, 0.3) is 0 Å². The lowest BCUT2D eigenvalue weighted by Crippen LogP contribution is -2.33. The van der Waals surface area contributed by atoms with Gasteiger partial charge in [-0.3, -0.25) is 9.59 Å². The van der Waals surface area contributed by atoms with Gasteiger partial charge in [-0.15, -0.1) is 0 Å². The molecule has 0 spiro atoms. The molecule has 0 radical (unpaired) electrons. The number of carbonyl (C=O) groups is 2. The number of nitrogens with one attached hydrogen (secondary N) is 1. The second-order valence-corrected chi connectivity index (χ2v) is 6.03. The molecule has 2 amide bonds. The average Bonchev–Trinajstić information content (AvgIpc) is 3.08. The second-order valence-electron chi connectivity index (χ2n) is 6.03. The smallest absolute Gasteiger partial charge is 0.227 e. The van der Waals surface area contributed by atoms with Gasteiger partial charge in [0.15, 0.2) is 11.6 Å². The van der Waals surface area contributed by atoms with E-state index in [4.69, 9.17) is 4.74 Å². The summed E-state index contributed by atoms with van der Waals surface area (Å²) in [5, 5.41) is 2.71. The highest BCUT2D eigenvalue weighted by molar-refractivity contribution is 6.00. The van der Waals surface area contributed by atoms with Crippen LogP contribution in [0.3, 0.4) is 0 Å². The van der Waals surface area contributed by atoms with Gasteiger partial charge in [-0.05, 0) is 24.3 Å². The molecule has 1 fully saturated rings. The van der Waals surface area contributed by atoms with Crippen molar-refractivity contribution in [1.29, 1.82) is 0 Å². The van der Waals surface area contributed by atoms with Gasteiger partial charge in [0.1, 0.15) is 6.61 Å². The van der Waals surface area contributed by atoms with Crippen LogP contribution in [0.2, 0.25) is 0 Å². The summed E-state index contributed by atoms with van der Waals surface area (Å²) in [6.07, 6.45) is 0.185. The Labute approximate surface area is 157 Å². The van der Waals surface area contributed by atoms with Gasteiger partial charge in [0.25, 0.3) is 0 Å². The van der Waals surface area contributed by atoms with E-state index in [0.717, 1.165) is 5.69 Å².